The molecule has 0 aromatic carbocycles. The molecule has 0 unspecified atom stereocenters. The summed E-state index contributed by atoms with van der Waals surface area (Å²) in [7, 11) is -5.36. The van der Waals surface area contributed by atoms with Crippen molar-refractivity contribution in [3.63, 3.8) is 0 Å². The maximum Gasteiger partial charge on any atom is 0.511 e. The van der Waals surface area contributed by atoms with Crippen molar-refractivity contribution in [1.82, 2.24) is 14.9 Å². The first-order valence-electron chi connectivity index (χ1n) is 7.55. The van der Waals surface area contributed by atoms with Crippen LogP contribution in [0.4, 0.5) is 26.3 Å². The third-order valence-electron chi connectivity index (χ3n) is 3.44. The van der Waals surface area contributed by atoms with E-state index in [1.807, 2.05) is 0 Å². The molecule has 0 aromatic rings. The van der Waals surface area contributed by atoms with Crippen LogP contribution < -0.4 is 10.6 Å². The monoisotopic (exact) mass is 526 g/mol. The van der Waals surface area contributed by atoms with Gasteiger partial charge in [-0.1, -0.05) is 0 Å². The summed E-state index contributed by atoms with van der Waals surface area (Å²) in [5.41, 5.74) is -5.35. The average Bonchev–Trinajstić information content (AvgIpc) is 2.45. The average molecular weight is 526 g/mol. The molecular weight excluding hydrogens is 505 g/mol. The maximum atomic E-state index is 12.5. The van der Waals surface area contributed by atoms with Gasteiger partial charge in [-0.3, -0.25) is 4.99 Å². The standard InChI is InChI=1S/C12H20F6N4O2S.HI/c1-2-19-10(20-6-5-11(13,14)15)21-9-3-7-22(8-4-9)25(23,24)12(16,17)18;/h9H,2-8H2,1H3,(H2,19,20,21);1H. The van der Waals surface area contributed by atoms with Crippen molar-refractivity contribution in [2.45, 2.75) is 43.9 Å². The second-order valence-corrected chi connectivity index (χ2v) is 7.32. The van der Waals surface area contributed by atoms with E-state index in [1.54, 1.807) is 6.92 Å². The van der Waals surface area contributed by atoms with Gasteiger partial charge in [-0.15, -0.1) is 24.0 Å². The Morgan fingerprint density at radius 1 is 1.15 bits per heavy atom. The highest BCUT2D eigenvalue weighted by Gasteiger charge is 2.50. The van der Waals surface area contributed by atoms with Crippen LogP contribution in [0.25, 0.3) is 0 Å². The molecule has 14 heteroatoms. The third-order valence-corrected chi connectivity index (χ3v) is 5.07. The number of nitrogens with one attached hydrogen (secondary N) is 2. The second kappa shape index (κ2) is 10.1. The largest absolute Gasteiger partial charge is 0.511 e. The van der Waals surface area contributed by atoms with Crippen molar-refractivity contribution >= 4 is 40.0 Å². The number of guanidine groups is 1. The Hall–Kier alpha value is -0.510. The topological polar surface area (TPSA) is 73.8 Å². The summed E-state index contributed by atoms with van der Waals surface area (Å²) in [5, 5.41) is 5.56. The Labute approximate surface area is 164 Å². The number of nitrogens with zero attached hydrogens (tertiary/aromatic N) is 2. The first kappa shape index (κ1) is 25.5. The molecule has 1 aliphatic rings. The van der Waals surface area contributed by atoms with Crippen molar-refractivity contribution in [3.05, 3.63) is 0 Å². The van der Waals surface area contributed by atoms with Gasteiger partial charge in [-0.2, -0.15) is 30.6 Å². The van der Waals surface area contributed by atoms with Crippen molar-refractivity contribution in [2.24, 2.45) is 4.99 Å². The molecule has 1 saturated heterocycles. The Morgan fingerprint density at radius 2 is 1.69 bits per heavy atom. The zero-order valence-electron chi connectivity index (χ0n) is 13.8. The summed E-state index contributed by atoms with van der Waals surface area (Å²) in [6.07, 6.45) is -5.26. The highest BCUT2D eigenvalue weighted by molar-refractivity contribution is 14.0. The predicted octanol–water partition coefficient (Wildman–Crippen LogP) is 2.43. The lowest BCUT2D eigenvalue weighted by molar-refractivity contribution is -0.132. The zero-order chi connectivity index (χ0) is 19.3. The number of rotatable bonds is 5. The van der Waals surface area contributed by atoms with Gasteiger partial charge in [0.25, 0.3) is 0 Å². The van der Waals surface area contributed by atoms with Crippen LogP contribution >= 0.6 is 24.0 Å². The van der Waals surface area contributed by atoms with Crippen LogP contribution in [0.15, 0.2) is 4.99 Å². The quantitative estimate of drug-likeness (QED) is 0.250. The summed E-state index contributed by atoms with van der Waals surface area (Å²) in [6, 6.07) is -0.386. The van der Waals surface area contributed by atoms with Crippen LogP contribution in [0.3, 0.4) is 0 Å². The van der Waals surface area contributed by atoms with Gasteiger partial charge in [0.2, 0.25) is 0 Å². The fourth-order valence-corrected chi connectivity index (χ4v) is 3.18. The van der Waals surface area contributed by atoms with Gasteiger partial charge in [0.15, 0.2) is 5.96 Å². The van der Waals surface area contributed by atoms with E-state index in [-0.39, 0.29) is 61.9 Å². The third kappa shape index (κ3) is 8.02. The van der Waals surface area contributed by atoms with Gasteiger partial charge in [0.05, 0.1) is 13.0 Å². The molecule has 0 spiro atoms. The lowest BCUT2D eigenvalue weighted by Crippen LogP contribution is -2.51. The molecule has 0 amide bonds. The van der Waals surface area contributed by atoms with Gasteiger partial charge in [0, 0.05) is 25.7 Å². The summed E-state index contributed by atoms with van der Waals surface area (Å²) >= 11 is 0. The molecule has 0 saturated carbocycles. The van der Waals surface area contributed by atoms with Crippen LogP contribution in [-0.4, -0.2) is 62.6 Å². The highest BCUT2D eigenvalue weighted by atomic mass is 127. The van der Waals surface area contributed by atoms with Gasteiger partial charge >= 0.3 is 21.7 Å². The minimum Gasteiger partial charge on any atom is -0.357 e. The minimum absolute atomic E-state index is 0. The predicted molar refractivity (Wildman–Crippen MR) is 94.8 cm³/mol. The number of sulfonamides is 1. The molecule has 1 heterocycles. The van der Waals surface area contributed by atoms with E-state index in [1.165, 1.54) is 0 Å². The molecule has 26 heavy (non-hydrogen) atoms. The van der Waals surface area contributed by atoms with Gasteiger partial charge in [-0.05, 0) is 19.8 Å². The zero-order valence-corrected chi connectivity index (χ0v) is 17.0. The van der Waals surface area contributed by atoms with Crippen molar-refractivity contribution in [1.29, 1.82) is 0 Å². The molecule has 1 rings (SSSR count). The molecule has 1 aliphatic heterocycles. The fraction of sp³-hybridized carbons (Fsp3) is 0.917. The highest BCUT2D eigenvalue weighted by Crippen LogP contribution is 2.28. The van der Waals surface area contributed by atoms with Crippen LogP contribution in [0.5, 0.6) is 0 Å². The first-order chi connectivity index (χ1) is 11.4. The van der Waals surface area contributed by atoms with E-state index >= 15 is 0 Å². The van der Waals surface area contributed by atoms with Crippen molar-refractivity contribution in [3.8, 4) is 0 Å². The number of piperidine rings is 1. The smallest absolute Gasteiger partial charge is 0.357 e. The Balaban J connectivity index is 0.00000625. The summed E-state index contributed by atoms with van der Waals surface area (Å²) in [5.74, 6) is 0.115. The summed E-state index contributed by atoms with van der Waals surface area (Å²) in [4.78, 5) is 3.76. The number of halogens is 7. The second-order valence-electron chi connectivity index (χ2n) is 5.39. The normalized spacial score (nSPS) is 18.3. The maximum absolute atomic E-state index is 12.5. The van der Waals surface area contributed by atoms with Crippen molar-refractivity contribution in [2.75, 3.05) is 26.2 Å². The van der Waals surface area contributed by atoms with E-state index in [0.29, 0.717) is 10.8 Å². The van der Waals surface area contributed by atoms with Gasteiger partial charge in [0.1, 0.15) is 0 Å². The molecule has 0 aromatic heterocycles. The minimum atomic E-state index is -5.36. The molecule has 0 aliphatic carbocycles. The SMILES string of the molecule is CCNC(=NCCC(F)(F)F)NC1CCN(S(=O)(=O)C(F)(F)F)CC1.I. The number of alkyl halides is 6. The van der Waals surface area contributed by atoms with Gasteiger partial charge < -0.3 is 10.6 Å². The number of hydrogen-bond acceptors (Lipinski definition) is 3. The van der Waals surface area contributed by atoms with Crippen molar-refractivity contribution < 1.29 is 34.8 Å². The summed E-state index contributed by atoms with van der Waals surface area (Å²) < 4.78 is 96.9. The lowest BCUT2D eigenvalue weighted by atomic mass is 10.1. The Bertz CT molecular complexity index is 559. The van der Waals surface area contributed by atoms with E-state index in [4.69, 9.17) is 0 Å². The van der Waals surface area contributed by atoms with E-state index in [9.17, 15) is 34.8 Å². The molecule has 6 nitrogen and oxygen atoms in total. The molecule has 156 valence electrons. The van der Waals surface area contributed by atoms with E-state index in [0.717, 1.165) is 0 Å². The molecule has 0 radical (unpaired) electrons. The van der Waals surface area contributed by atoms with Crippen LogP contribution in [-0.2, 0) is 10.0 Å². The first-order valence-corrected chi connectivity index (χ1v) is 8.99. The molecule has 2 N–H and O–H groups in total. The molecule has 1 fully saturated rings. The van der Waals surface area contributed by atoms with E-state index < -0.39 is 34.7 Å². The fourth-order valence-electron chi connectivity index (χ4n) is 2.19. The Kier molecular flexibility index (Phi) is 9.95. The van der Waals surface area contributed by atoms with Gasteiger partial charge in [-0.25, -0.2) is 8.42 Å². The Morgan fingerprint density at radius 3 is 2.12 bits per heavy atom. The summed E-state index contributed by atoms with van der Waals surface area (Å²) in [6.45, 7) is 0.946. The van der Waals surface area contributed by atoms with Crippen LogP contribution in [0.2, 0.25) is 0 Å². The number of aliphatic imine (C=N–C) groups is 1. The molecular formula is C12H21F6IN4O2S. The lowest BCUT2D eigenvalue weighted by Gasteiger charge is -2.32. The number of hydrogen-bond donors (Lipinski definition) is 2. The van der Waals surface area contributed by atoms with Crippen LogP contribution in [0, 0.1) is 0 Å². The molecule has 0 bridgehead atoms. The van der Waals surface area contributed by atoms with Crippen LogP contribution in [0.1, 0.15) is 26.2 Å². The van der Waals surface area contributed by atoms with E-state index in [2.05, 4.69) is 15.6 Å². The molecule has 0 atom stereocenters.